The molecule has 0 heterocycles. The van der Waals surface area contributed by atoms with Crippen molar-refractivity contribution in [2.24, 2.45) is 0 Å². The molecule has 2 rings (SSSR count). The van der Waals surface area contributed by atoms with Crippen molar-refractivity contribution in [1.29, 1.82) is 0 Å². The van der Waals surface area contributed by atoms with Crippen LogP contribution < -0.4 is 0 Å². The van der Waals surface area contributed by atoms with Crippen molar-refractivity contribution in [2.75, 3.05) is 6.54 Å². The molecule has 0 aliphatic carbocycles. The van der Waals surface area contributed by atoms with E-state index >= 15 is 0 Å². The summed E-state index contributed by atoms with van der Waals surface area (Å²) in [5, 5.41) is 0.334. The van der Waals surface area contributed by atoms with Crippen molar-refractivity contribution in [2.45, 2.75) is 19.9 Å². The second-order valence-electron chi connectivity index (χ2n) is 4.81. The Morgan fingerprint density at radius 2 is 1.90 bits per heavy atom. The average Bonchev–Trinajstić information content (AvgIpc) is 2.48. The Kier molecular flexibility index (Phi) is 5.34. The number of carbonyl (C=O) groups is 1. The van der Waals surface area contributed by atoms with E-state index in [9.17, 15) is 9.18 Å². The summed E-state index contributed by atoms with van der Waals surface area (Å²) in [6, 6.07) is 14.1. The van der Waals surface area contributed by atoms with Crippen molar-refractivity contribution in [3.63, 3.8) is 0 Å². The van der Waals surface area contributed by atoms with Gasteiger partial charge in [0.1, 0.15) is 5.82 Å². The van der Waals surface area contributed by atoms with Gasteiger partial charge in [0, 0.05) is 18.1 Å². The smallest absolute Gasteiger partial charge is 0.227 e. The van der Waals surface area contributed by atoms with E-state index in [2.05, 4.69) is 0 Å². The van der Waals surface area contributed by atoms with Crippen LogP contribution in [0.5, 0.6) is 0 Å². The van der Waals surface area contributed by atoms with Crippen LogP contribution in [0, 0.1) is 5.82 Å². The Hall–Kier alpha value is -1.87. The van der Waals surface area contributed by atoms with Crippen LogP contribution in [0.25, 0.3) is 0 Å². The van der Waals surface area contributed by atoms with Crippen LogP contribution in [0.4, 0.5) is 4.39 Å². The predicted octanol–water partition coefficient (Wildman–Crippen LogP) is 4.07. The highest BCUT2D eigenvalue weighted by Crippen LogP contribution is 2.16. The van der Waals surface area contributed by atoms with Gasteiger partial charge in [-0.1, -0.05) is 48.0 Å². The molecular formula is C17H17ClFNO. The van der Waals surface area contributed by atoms with E-state index in [1.54, 1.807) is 17.0 Å². The molecule has 2 nitrogen and oxygen atoms in total. The summed E-state index contributed by atoms with van der Waals surface area (Å²) in [7, 11) is 0. The zero-order valence-corrected chi connectivity index (χ0v) is 12.6. The van der Waals surface area contributed by atoms with Crippen LogP contribution >= 0.6 is 11.6 Å². The molecule has 0 saturated heterocycles. The second-order valence-corrected chi connectivity index (χ2v) is 5.24. The number of benzene rings is 2. The number of hydrogen-bond donors (Lipinski definition) is 0. The van der Waals surface area contributed by atoms with E-state index in [-0.39, 0.29) is 12.3 Å². The minimum absolute atomic E-state index is 0.0453. The predicted molar refractivity (Wildman–Crippen MR) is 82.6 cm³/mol. The van der Waals surface area contributed by atoms with Crippen molar-refractivity contribution >= 4 is 17.5 Å². The molecule has 0 unspecified atom stereocenters. The number of hydrogen-bond acceptors (Lipinski definition) is 1. The first kappa shape index (κ1) is 15.5. The standard InChI is InChI=1S/C17H17ClFNO/c1-2-20(12-13-6-4-3-5-7-13)17(21)10-14-8-9-15(18)11-16(14)19/h3-9,11H,2,10,12H2,1H3. The first-order valence-electron chi connectivity index (χ1n) is 6.85. The van der Waals surface area contributed by atoms with Gasteiger partial charge in [-0.05, 0) is 30.2 Å². The minimum atomic E-state index is -0.438. The van der Waals surface area contributed by atoms with Gasteiger partial charge in [0.2, 0.25) is 5.91 Å². The van der Waals surface area contributed by atoms with Crippen LogP contribution in [0.3, 0.4) is 0 Å². The van der Waals surface area contributed by atoms with Crippen molar-refractivity contribution in [3.05, 3.63) is 70.5 Å². The monoisotopic (exact) mass is 305 g/mol. The van der Waals surface area contributed by atoms with Gasteiger partial charge in [0.05, 0.1) is 6.42 Å². The van der Waals surface area contributed by atoms with E-state index in [0.29, 0.717) is 23.7 Å². The number of amides is 1. The molecule has 21 heavy (non-hydrogen) atoms. The fourth-order valence-corrected chi connectivity index (χ4v) is 2.28. The Bertz CT molecular complexity index is 615. The van der Waals surface area contributed by atoms with Gasteiger partial charge >= 0.3 is 0 Å². The maximum Gasteiger partial charge on any atom is 0.227 e. The van der Waals surface area contributed by atoms with E-state index in [1.807, 2.05) is 37.3 Å². The molecule has 1 amide bonds. The molecule has 0 bridgehead atoms. The molecule has 0 saturated carbocycles. The zero-order valence-electron chi connectivity index (χ0n) is 11.9. The van der Waals surface area contributed by atoms with Gasteiger partial charge in [-0.3, -0.25) is 4.79 Å². The van der Waals surface area contributed by atoms with Crippen LogP contribution in [0.1, 0.15) is 18.1 Å². The summed E-state index contributed by atoms with van der Waals surface area (Å²) in [6.45, 7) is 3.04. The van der Waals surface area contributed by atoms with Crippen LogP contribution in [-0.4, -0.2) is 17.4 Å². The first-order chi connectivity index (χ1) is 10.1. The lowest BCUT2D eigenvalue weighted by Crippen LogP contribution is -2.31. The van der Waals surface area contributed by atoms with Gasteiger partial charge in [-0.2, -0.15) is 0 Å². The zero-order chi connectivity index (χ0) is 15.2. The van der Waals surface area contributed by atoms with E-state index in [4.69, 9.17) is 11.6 Å². The fraction of sp³-hybridized carbons (Fsp3) is 0.235. The topological polar surface area (TPSA) is 20.3 Å². The molecular weight excluding hydrogens is 289 g/mol. The van der Waals surface area contributed by atoms with E-state index in [0.717, 1.165) is 5.56 Å². The van der Waals surface area contributed by atoms with Crippen molar-refractivity contribution in [3.8, 4) is 0 Å². The van der Waals surface area contributed by atoms with E-state index in [1.165, 1.54) is 6.07 Å². The van der Waals surface area contributed by atoms with Gasteiger partial charge in [0.15, 0.2) is 0 Å². The normalized spacial score (nSPS) is 10.4. The summed E-state index contributed by atoms with van der Waals surface area (Å²) >= 11 is 5.72. The summed E-state index contributed by atoms with van der Waals surface area (Å²) in [5.74, 6) is -0.533. The van der Waals surface area contributed by atoms with Gasteiger partial charge < -0.3 is 4.90 Å². The van der Waals surface area contributed by atoms with Crippen molar-refractivity contribution < 1.29 is 9.18 Å². The third-order valence-electron chi connectivity index (χ3n) is 3.31. The summed E-state index contributed by atoms with van der Waals surface area (Å²) < 4.78 is 13.7. The highest BCUT2D eigenvalue weighted by atomic mass is 35.5. The second kappa shape index (κ2) is 7.23. The van der Waals surface area contributed by atoms with Crippen LogP contribution in [-0.2, 0) is 17.8 Å². The minimum Gasteiger partial charge on any atom is -0.338 e. The number of halogens is 2. The van der Waals surface area contributed by atoms with E-state index < -0.39 is 5.82 Å². The lowest BCUT2D eigenvalue weighted by Gasteiger charge is -2.21. The van der Waals surface area contributed by atoms with Crippen molar-refractivity contribution in [1.82, 2.24) is 4.90 Å². The largest absolute Gasteiger partial charge is 0.338 e. The molecule has 0 aliphatic rings. The molecule has 2 aromatic rings. The summed E-state index contributed by atoms with van der Waals surface area (Å²) in [6.07, 6.45) is 0.0453. The Morgan fingerprint density at radius 3 is 2.52 bits per heavy atom. The molecule has 0 N–H and O–H groups in total. The lowest BCUT2D eigenvalue weighted by molar-refractivity contribution is -0.130. The Morgan fingerprint density at radius 1 is 1.19 bits per heavy atom. The van der Waals surface area contributed by atoms with Crippen LogP contribution in [0.2, 0.25) is 5.02 Å². The molecule has 4 heteroatoms. The molecule has 0 radical (unpaired) electrons. The van der Waals surface area contributed by atoms with Gasteiger partial charge in [-0.25, -0.2) is 4.39 Å². The summed E-state index contributed by atoms with van der Waals surface area (Å²) in [5.41, 5.74) is 1.43. The number of carbonyl (C=O) groups excluding carboxylic acids is 1. The first-order valence-corrected chi connectivity index (χ1v) is 7.23. The molecule has 0 atom stereocenters. The molecule has 0 aliphatic heterocycles. The fourth-order valence-electron chi connectivity index (χ4n) is 2.12. The number of rotatable bonds is 5. The molecule has 0 fully saturated rings. The molecule has 0 aromatic heterocycles. The average molecular weight is 306 g/mol. The lowest BCUT2D eigenvalue weighted by atomic mass is 10.1. The van der Waals surface area contributed by atoms with Gasteiger partial charge in [0.25, 0.3) is 0 Å². The molecule has 0 spiro atoms. The third-order valence-corrected chi connectivity index (χ3v) is 3.54. The van der Waals surface area contributed by atoms with Crippen LogP contribution in [0.15, 0.2) is 48.5 Å². The Balaban J connectivity index is 2.06. The van der Waals surface area contributed by atoms with Gasteiger partial charge in [-0.15, -0.1) is 0 Å². The maximum atomic E-state index is 13.7. The SMILES string of the molecule is CCN(Cc1ccccc1)C(=O)Cc1ccc(Cl)cc1F. The molecule has 110 valence electrons. The third kappa shape index (κ3) is 4.30. The quantitative estimate of drug-likeness (QED) is 0.815. The maximum absolute atomic E-state index is 13.7. The highest BCUT2D eigenvalue weighted by Gasteiger charge is 2.15. The number of likely N-dealkylation sites (N-methyl/N-ethyl adjacent to an activating group) is 1. The summed E-state index contributed by atoms with van der Waals surface area (Å²) in [4.78, 5) is 14.0. The number of nitrogens with zero attached hydrogens (tertiary/aromatic N) is 1. The Labute approximate surface area is 129 Å². The highest BCUT2D eigenvalue weighted by molar-refractivity contribution is 6.30. The molecule has 2 aromatic carbocycles.